The van der Waals surface area contributed by atoms with Crippen molar-refractivity contribution in [2.45, 2.75) is 57.3 Å². The molecule has 1 saturated heterocycles. The molecule has 116 valence electrons. The van der Waals surface area contributed by atoms with E-state index in [4.69, 9.17) is 0 Å². The van der Waals surface area contributed by atoms with Gasteiger partial charge in [-0.15, -0.1) is 11.3 Å². The van der Waals surface area contributed by atoms with Gasteiger partial charge < -0.3 is 4.90 Å². The van der Waals surface area contributed by atoms with E-state index in [2.05, 4.69) is 41.6 Å². The molecule has 2 heterocycles. The number of rotatable bonds is 5. The Bertz CT molecular complexity index is 482. The molecule has 1 aliphatic heterocycles. The fraction of sp³-hybridized carbons (Fsp3) is 0.688. The van der Waals surface area contributed by atoms with Crippen LogP contribution in [0, 0.1) is 0 Å². The van der Waals surface area contributed by atoms with Crippen LogP contribution in [0.25, 0.3) is 0 Å². The summed E-state index contributed by atoms with van der Waals surface area (Å²) in [5, 5.41) is 5.81. The van der Waals surface area contributed by atoms with Crippen LogP contribution in [0.1, 0.15) is 50.6 Å². The van der Waals surface area contributed by atoms with Gasteiger partial charge in [-0.2, -0.15) is 11.8 Å². The van der Waals surface area contributed by atoms with Crippen molar-refractivity contribution >= 4 is 29.0 Å². The van der Waals surface area contributed by atoms with Crippen molar-refractivity contribution in [1.29, 1.82) is 0 Å². The maximum absolute atomic E-state index is 13.1. The monoisotopic (exact) mass is 324 g/mol. The molecular weight excluding hydrogens is 300 g/mol. The van der Waals surface area contributed by atoms with Gasteiger partial charge in [-0.3, -0.25) is 10.1 Å². The molecule has 1 spiro atoms. The summed E-state index contributed by atoms with van der Waals surface area (Å²) in [7, 11) is 0. The molecule has 1 aliphatic carbocycles. The van der Waals surface area contributed by atoms with Gasteiger partial charge in [-0.25, -0.2) is 0 Å². The maximum atomic E-state index is 13.1. The summed E-state index contributed by atoms with van der Waals surface area (Å²) < 4.78 is 0. The van der Waals surface area contributed by atoms with E-state index in [1.54, 1.807) is 11.3 Å². The van der Waals surface area contributed by atoms with E-state index >= 15 is 0 Å². The fourth-order valence-electron chi connectivity index (χ4n) is 3.57. The minimum absolute atomic E-state index is 0.0723. The topological polar surface area (TPSA) is 32.3 Å². The Labute approximate surface area is 135 Å². The molecule has 5 heteroatoms. The van der Waals surface area contributed by atoms with E-state index in [1.807, 2.05) is 11.8 Å². The molecule has 2 fully saturated rings. The van der Waals surface area contributed by atoms with Gasteiger partial charge in [0, 0.05) is 16.7 Å². The van der Waals surface area contributed by atoms with Crippen LogP contribution >= 0.6 is 23.1 Å². The van der Waals surface area contributed by atoms with Gasteiger partial charge in [-0.05, 0) is 37.0 Å². The molecule has 3 rings (SSSR count). The molecule has 21 heavy (non-hydrogen) atoms. The summed E-state index contributed by atoms with van der Waals surface area (Å²) in [6, 6.07) is 4.51. The Morgan fingerprint density at radius 3 is 2.90 bits per heavy atom. The highest BCUT2D eigenvalue weighted by atomic mass is 32.2. The number of thioether (sulfide) groups is 1. The van der Waals surface area contributed by atoms with Crippen molar-refractivity contribution in [1.82, 2.24) is 10.2 Å². The molecule has 2 aliphatic rings. The Morgan fingerprint density at radius 1 is 1.52 bits per heavy atom. The average molecular weight is 325 g/mol. The molecule has 1 aromatic heterocycles. The minimum Gasteiger partial charge on any atom is -0.317 e. The zero-order valence-electron chi connectivity index (χ0n) is 12.8. The Hall–Kier alpha value is -0.520. The molecule has 2 unspecified atom stereocenters. The van der Waals surface area contributed by atoms with Crippen LogP contribution < -0.4 is 5.32 Å². The predicted molar refractivity (Wildman–Crippen MR) is 90.7 cm³/mol. The second kappa shape index (κ2) is 6.31. The van der Waals surface area contributed by atoms with Crippen LogP contribution in [0.4, 0.5) is 0 Å². The number of thiophene rings is 1. The summed E-state index contributed by atoms with van der Waals surface area (Å²) in [6.07, 6.45) is 4.40. The lowest BCUT2D eigenvalue weighted by Gasteiger charge is -2.29. The molecular formula is C16H24N2OS2. The third kappa shape index (κ3) is 2.76. The quantitative estimate of drug-likeness (QED) is 0.897. The lowest BCUT2D eigenvalue weighted by Crippen LogP contribution is -2.45. The molecule has 0 bridgehead atoms. The Morgan fingerprint density at radius 2 is 2.29 bits per heavy atom. The van der Waals surface area contributed by atoms with Gasteiger partial charge in [0.05, 0.1) is 5.54 Å². The van der Waals surface area contributed by atoms with E-state index in [0.29, 0.717) is 5.91 Å². The Balaban J connectivity index is 1.87. The van der Waals surface area contributed by atoms with Gasteiger partial charge in [0.25, 0.3) is 0 Å². The van der Waals surface area contributed by atoms with Crippen LogP contribution in [0.15, 0.2) is 17.5 Å². The maximum Gasteiger partial charge on any atom is 0.244 e. The van der Waals surface area contributed by atoms with E-state index in [9.17, 15) is 4.79 Å². The number of carbonyl (C=O) groups is 1. The SMILES string of the molecule is CCSCC(C)N1C(=O)C2(CCCC2)NC1c1cccs1. The fourth-order valence-corrected chi connectivity index (χ4v) is 5.08. The van der Waals surface area contributed by atoms with Crippen molar-refractivity contribution in [2.24, 2.45) is 0 Å². The highest BCUT2D eigenvalue weighted by Gasteiger charge is 2.53. The first-order valence-electron chi connectivity index (χ1n) is 7.89. The largest absolute Gasteiger partial charge is 0.317 e. The van der Waals surface area contributed by atoms with Crippen LogP contribution in [-0.4, -0.2) is 33.9 Å². The molecule has 1 aromatic rings. The van der Waals surface area contributed by atoms with Crippen LogP contribution in [0.2, 0.25) is 0 Å². The van der Waals surface area contributed by atoms with Gasteiger partial charge in [0.15, 0.2) is 0 Å². The molecule has 0 radical (unpaired) electrons. The van der Waals surface area contributed by atoms with E-state index in [1.165, 1.54) is 17.7 Å². The van der Waals surface area contributed by atoms with E-state index in [-0.39, 0.29) is 17.7 Å². The normalized spacial score (nSPS) is 25.9. The summed E-state index contributed by atoms with van der Waals surface area (Å²) in [5.74, 6) is 2.46. The summed E-state index contributed by atoms with van der Waals surface area (Å²) in [4.78, 5) is 16.5. The summed E-state index contributed by atoms with van der Waals surface area (Å²) >= 11 is 3.66. The molecule has 1 saturated carbocycles. The second-order valence-corrected chi connectivity index (χ2v) is 8.37. The predicted octanol–water partition coefficient (Wildman–Crippen LogP) is 3.63. The van der Waals surface area contributed by atoms with Gasteiger partial charge in [0.2, 0.25) is 5.91 Å². The zero-order valence-corrected chi connectivity index (χ0v) is 14.4. The van der Waals surface area contributed by atoms with Crippen molar-refractivity contribution in [3.8, 4) is 0 Å². The minimum atomic E-state index is -0.278. The van der Waals surface area contributed by atoms with E-state index in [0.717, 1.165) is 24.3 Å². The highest BCUT2D eigenvalue weighted by molar-refractivity contribution is 7.99. The average Bonchev–Trinajstić information content (AvgIpc) is 3.19. The number of nitrogens with zero attached hydrogens (tertiary/aromatic N) is 1. The standard InChI is InChI=1S/C16H24N2OS2/c1-3-20-11-12(2)18-14(13-7-6-10-21-13)17-16(15(18)19)8-4-5-9-16/h6-7,10,12,14,17H,3-5,8-9,11H2,1-2H3. The first kappa shape index (κ1) is 15.4. The third-order valence-electron chi connectivity index (χ3n) is 4.64. The smallest absolute Gasteiger partial charge is 0.244 e. The molecule has 3 nitrogen and oxygen atoms in total. The molecule has 0 aromatic carbocycles. The molecule has 2 atom stereocenters. The third-order valence-corrected chi connectivity index (χ3v) is 6.69. The van der Waals surface area contributed by atoms with Crippen molar-refractivity contribution < 1.29 is 4.79 Å². The van der Waals surface area contributed by atoms with Crippen molar-refractivity contribution in [3.05, 3.63) is 22.4 Å². The van der Waals surface area contributed by atoms with Gasteiger partial charge >= 0.3 is 0 Å². The van der Waals surface area contributed by atoms with Gasteiger partial charge in [0.1, 0.15) is 6.17 Å². The Kier molecular flexibility index (Phi) is 4.62. The summed E-state index contributed by atoms with van der Waals surface area (Å²) in [6.45, 7) is 4.37. The number of hydrogen-bond donors (Lipinski definition) is 1. The molecule has 1 N–H and O–H groups in total. The van der Waals surface area contributed by atoms with Crippen LogP contribution in [0.5, 0.6) is 0 Å². The lowest BCUT2D eigenvalue weighted by molar-refractivity contribution is -0.134. The van der Waals surface area contributed by atoms with Crippen molar-refractivity contribution in [2.75, 3.05) is 11.5 Å². The lowest BCUT2D eigenvalue weighted by atomic mass is 9.98. The second-order valence-electron chi connectivity index (χ2n) is 6.07. The van der Waals surface area contributed by atoms with Crippen molar-refractivity contribution in [3.63, 3.8) is 0 Å². The highest BCUT2D eigenvalue weighted by Crippen LogP contribution is 2.42. The first-order chi connectivity index (χ1) is 10.2. The number of nitrogens with one attached hydrogen (secondary N) is 1. The molecule has 1 amide bonds. The number of amides is 1. The summed E-state index contributed by atoms with van der Waals surface area (Å²) in [5.41, 5.74) is -0.278. The van der Waals surface area contributed by atoms with Crippen LogP contribution in [-0.2, 0) is 4.79 Å². The first-order valence-corrected chi connectivity index (χ1v) is 9.93. The van der Waals surface area contributed by atoms with Crippen LogP contribution in [0.3, 0.4) is 0 Å². The number of carbonyl (C=O) groups excluding carboxylic acids is 1. The zero-order chi connectivity index (χ0) is 14.9. The van der Waals surface area contributed by atoms with E-state index < -0.39 is 0 Å². The van der Waals surface area contributed by atoms with Gasteiger partial charge in [-0.1, -0.05) is 25.8 Å². The number of hydrogen-bond acceptors (Lipinski definition) is 4.